The Balaban J connectivity index is 2.00. The summed E-state index contributed by atoms with van der Waals surface area (Å²) >= 11 is 0. The lowest BCUT2D eigenvalue weighted by atomic mass is 9.96. The van der Waals surface area contributed by atoms with Crippen molar-refractivity contribution in [2.24, 2.45) is 11.7 Å². The van der Waals surface area contributed by atoms with Crippen LogP contribution in [0.1, 0.15) is 12.8 Å². The number of rotatable bonds is 4. The van der Waals surface area contributed by atoms with Crippen molar-refractivity contribution in [2.45, 2.75) is 12.8 Å². The van der Waals surface area contributed by atoms with E-state index in [1.165, 1.54) is 19.1 Å². The average molecular weight is 335 g/mol. The quantitative estimate of drug-likeness (QED) is 0.772. The Bertz CT molecular complexity index is 639. The topological polar surface area (TPSA) is 111 Å². The van der Waals surface area contributed by atoms with Crippen LogP contribution in [0.5, 0.6) is 11.5 Å². The lowest BCUT2D eigenvalue weighted by molar-refractivity contribution is -0.144. The molecular formula is C16H21N3O5. The molecule has 8 heteroatoms. The fourth-order valence-electron chi connectivity index (χ4n) is 2.59. The molecule has 1 aliphatic rings. The molecule has 130 valence electrons. The number of hydrogen-bond donors (Lipinski definition) is 2. The van der Waals surface area contributed by atoms with E-state index < -0.39 is 11.8 Å². The fraction of sp³-hybridized carbons (Fsp3) is 0.438. The van der Waals surface area contributed by atoms with Gasteiger partial charge in [0, 0.05) is 25.1 Å². The van der Waals surface area contributed by atoms with Crippen LogP contribution < -0.4 is 20.5 Å². The zero-order valence-electron chi connectivity index (χ0n) is 13.7. The van der Waals surface area contributed by atoms with E-state index in [0.29, 0.717) is 43.1 Å². The summed E-state index contributed by atoms with van der Waals surface area (Å²) in [5, 5.41) is 2.54. The Labute approximate surface area is 139 Å². The van der Waals surface area contributed by atoms with Crippen molar-refractivity contribution in [1.29, 1.82) is 0 Å². The first kappa shape index (κ1) is 17.6. The van der Waals surface area contributed by atoms with Crippen LogP contribution in [-0.2, 0) is 14.4 Å². The van der Waals surface area contributed by atoms with Gasteiger partial charge >= 0.3 is 11.8 Å². The van der Waals surface area contributed by atoms with Gasteiger partial charge in [0.05, 0.1) is 19.9 Å². The van der Waals surface area contributed by atoms with Gasteiger partial charge in [0.15, 0.2) is 0 Å². The predicted octanol–water partition coefficient (Wildman–Crippen LogP) is 0.366. The lowest BCUT2D eigenvalue weighted by Gasteiger charge is -2.30. The van der Waals surface area contributed by atoms with Crippen molar-refractivity contribution in [2.75, 3.05) is 32.6 Å². The number of carbonyl (C=O) groups is 3. The highest BCUT2D eigenvalue weighted by Gasteiger charge is 2.29. The van der Waals surface area contributed by atoms with E-state index in [4.69, 9.17) is 15.2 Å². The highest BCUT2D eigenvalue weighted by atomic mass is 16.5. The molecule has 0 bridgehead atoms. The minimum Gasteiger partial charge on any atom is -0.497 e. The molecule has 1 saturated heterocycles. The first-order valence-electron chi connectivity index (χ1n) is 7.58. The summed E-state index contributed by atoms with van der Waals surface area (Å²) in [6, 6.07) is 4.86. The number of nitrogens with one attached hydrogen (secondary N) is 1. The fourth-order valence-corrected chi connectivity index (χ4v) is 2.59. The van der Waals surface area contributed by atoms with E-state index in [0.717, 1.165) is 0 Å². The van der Waals surface area contributed by atoms with Crippen LogP contribution in [0, 0.1) is 5.92 Å². The van der Waals surface area contributed by atoms with Crippen molar-refractivity contribution in [3.63, 3.8) is 0 Å². The van der Waals surface area contributed by atoms with E-state index in [2.05, 4.69) is 5.32 Å². The molecule has 1 aromatic carbocycles. The second kappa shape index (κ2) is 7.67. The molecule has 0 atom stereocenters. The van der Waals surface area contributed by atoms with Gasteiger partial charge in [-0.05, 0) is 25.0 Å². The molecule has 0 aromatic heterocycles. The highest BCUT2D eigenvalue weighted by molar-refractivity contribution is 6.39. The molecule has 8 nitrogen and oxygen atoms in total. The summed E-state index contributed by atoms with van der Waals surface area (Å²) in [4.78, 5) is 37.0. The number of nitrogens with two attached hydrogens (primary N) is 1. The number of likely N-dealkylation sites (tertiary alicyclic amines) is 1. The SMILES string of the molecule is COc1ccc(NC(=O)C(=O)N2CCC(C(N)=O)CC2)c(OC)c1. The van der Waals surface area contributed by atoms with E-state index in [-0.39, 0.29) is 11.8 Å². The number of carbonyl (C=O) groups excluding carboxylic acids is 3. The second-order valence-corrected chi connectivity index (χ2v) is 5.49. The number of benzene rings is 1. The predicted molar refractivity (Wildman–Crippen MR) is 86.7 cm³/mol. The first-order chi connectivity index (χ1) is 11.5. The van der Waals surface area contributed by atoms with Crippen molar-refractivity contribution < 1.29 is 23.9 Å². The molecule has 3 N–H and O–H groups in total. The number of hydrogen-bond acceptors (Lipinski definition) is 5. The molecule has 0 radical (unpaired) electrons. The van der Waals surface area contributed by atoms with Crippen LogP contribution in [0.3, 0.4) is 0 Å². The number of ether oxygens (including phenoxy) is 2. The number of nitrogens with zero attached hydrogens (tertiary/aromatic N) is 1. The third kappa shape index (κ3) is 3.95. The molecule has 1 aromatic rings. The van der Waals surface area contributed by atoms with E-state index >= 15 is 0 Å². The Morgan fingerprint density at radius 1 is 1.17 bits per heavy atom. The van der Waals surface area contributed by atoms with Crippen LogP contribution >= 0.6 is 0 Å². The summed E-state index contributed by atoms with van der Waals surface area (Å²) in [7, 11) is 2.98. The number of anilines is 1. The minimum atomic E-state index is -0.754. The summed E-state index contributed by atoms with van der Waals surface area (Å²) in [6.45, 7) is 0.666. The largest absolute Gasteiger partial charge is 0.497 e. The zero-order valence-corrected chi connectivity index (χ0v) is 13.7. The van der Waals surface area contributed by atoms with Crippen molar-refractivity contribution in [1.82, 2.24) is 4.90 Å². The van der Waals surface area contributed by atoms with Crippen molar-refractivity contribution in [3.05, 3.63) is 18.2 Å². The Morgan fingerprint density at radius 3 is 2.38 bits per heavy atom. The number of piperidine rings is 1. The molecule has 1 fully saturated rings. The Morgan fingerprint density at radius 2 is 1.83 bits per heavy atom. The van der Waals surface area contributed by atoms with Crippen LogP contribution in [0.4, 0.5) is 5.69 Å². The molecule has 1 heterocycles. The Kier molecular flexibility index (Phi) is 5.62. The molecular weight excluding hydrogens is 314 g/mol. The second-order valence-electron chi connectivity index (χ2n) is 5.49. The van der Waals surface area contributed by atoms with Gasteiger partial charge in [-0.2, -0.15) is 0 Å². The molecule has 0 unspecified atom stereocenters. The van der Waals surface area contributed by atoms with Gasteiger partial charge in [-0.1, -0.05) is 0 Å². The molecule has 0 spiro atoms. The van der Waals surface area contributed by atoms with Crippen LogP contribution in [0.15, 0.2) is 18.2 Å². The summed E-state index contributed by atoms with van der Waals surface area (Å²) in [6.07, 6.45) is 0.945. The van der Waals surface area contributed by atoms with Gasteiger partial charge in [-0.3, -0.25) is 14.4 Å². The number of amides is 3. The summed E-state index contributed by atoms with van der Waals surface area (Å²) in [5.41, 5.74) is 5.64. The number of primary amides is 1. The Hall–Kier alpha value is -2.77. The summed E-state index contributed by atoms with van der Waals surface area (Å²) in [5.74, 6) is -1.03. The monoisotopic (exact) mass is 335 g/mol. The lowest BCUT2D eigenvalue weighted by Crippen LogP contribution is -2.46. The van der Waals surface area contributed by atoms with Crippen molar-refractivity contribution in [3.8, 4) is 11.5 Å². The third-order valence-corrected chi connectivity index (χ3v) is 4.04. The summed E-state index contributed by atoms with van der Waals surface area (Å²) < 4.78 is 10.3. The smallest absolute Gasteiger partial charge is 0.314 e. The van der Waals surface area contributed by atoms with Gasteiger partial charge < -0.3 is 25.4 Å². The van der Waals surface area contributed by atoms with E-state index in [9.17, 15) is 14.4 Å². The number of methoxy groups -OCH3 is 2. The molecule has 0 aliphatic carbocycles. The maximum absolute atomic E-state index is 12.2. The van der Waals surface area contributed by atoms with Crippen LogP contribution in [0.2, 0.25) is 0 Å². The standard InChI is InChI=1S/C16H21N3O5/c1-23-11-3-4-12(13(9-11)24-2)18-15(21)16(22)19-7-5-10(6-8-19)14(17)20/h3-4,9-10H,5-8H2,1-2H3,(H2,17,20)(H,18,21). The highest BCUT2D eigenvalue weighted by Crippen LogP contribution is 2.29. The average Bonchev–Trinajstić information content (AvgIpc) is 2.61. The maximum Gasteiger partial charge on any atom is 0.314 e. The first-order valence-corrected chi connectivity index (χ1v) is 7.58. The molecule has 24 heavy (non-hydrogen) atoms. The van der Waals surface area contributed by atoms with Gasteiger partial charge in [-0.25, -0.2) is 0 Å². The minimum absolute atomic E-state index is 0.237. The van der Waals surface area contributed by atoms with Crippen molar-refractivity contribution >= 4 is 23.4 Å². The zero-order chi connectivity index (χ0) is 17.7. The normalized spacial score (nSPS) is 14.8. The molecule has 0 saturated carbocycles. The van der Waals surface area contributed by atoms with Gasteiger partial charge in [0.2, 0.25) is 5.91 Å². The van der Waals surface area contributed by atoms with E-state index in [1.807, 2.05) is 0 Å². The van der Waals surface area contributed by atoms with Crippen LogP contribution in [-0.4, -0.2) is 49.9 Å². The maximum atomic E-state index is 12.2. The van der Waals surface area contributed by atoms with Gasteiger partial charge in [-0.15, -0.1) is 0 Å². The molecule has 1 aliphatic heterocycles. The molecule has 2 rings (SSSR count). The third-order valence-electron chi connectivity index (χ3n) is 4.04. The molecule has 3 amide bonds. The van der Waals surface area contributed by atoms with Gasteiger partial charge in [0.25, 0.3) is 0 Å². The van der Waals surface area contributed by atoms with Crippen LogP contribution in [0.25, 0.3) is 0 Å². The van der Waals surface area contributed by atoms with E-state index in [1.54, 1.807) is 18.2 Å². The van der Waals surface area contributed by atoms with Gasteiger partial charge in [0.1, 0.15) is 11.5 Å².